The third-order valence-electron chi connectivity index (χ3n) is 7.26. The molecule has 8 nitrogen and oxygen atoms in total. The number of anilines is 2. The highest BCUT2D eigenvalue weighted by molar-refractivity contribution is 7.14. The van der Waals surface area contributed by atoms with Gasteiger partial charge < -0.3 is 5.11 Å². The van der Waals surface area contributed by atoms with Gasteiger partial charge in [-0.1, -0.05) is 30.3 Å². The second kappa shape index (κ2) is 11.3. The Balaban J connectivity index is 1.28. The Morgan fingerprint density at radius 2 is 1.90 bits per heavy atom. The third-order valence-corrected chi connectivity index (χ3v) is 9.00. The molecular weight excluding hydrogens is 544 g/mol. The Hall–Kier alpha value is -3.89. The average molecular weight is 573 g/mol. The molecule has 0 spiro atoms. The number of hydrogen-bond donors (Lipinski definition) is 1. The minimum absolute atomic E-state index is 0.0476. The minimum Gasteiger partial charge on any atom is -0.481 e. The van der Waals surface area contributed by atoms with Gasteiger partial charge in [-0.2, -0.15) is 0 Å². The number of rotatable bonds is 10. The van der Waals surface area contributed by atoms with Crippen LogP contribution in [-0.2, 0) is 20.8 Å². The smallest absolute Gasteiger partial charge is 0.304 e. The second-order valence-corrected chi connectivity index (χ2v) is 12.0. The first-order chi connectivity index (χ1) is 19.5. The maximum absolute atomic E-state index is 13.8. The number of carboxylic acid groups (broad SMARTS) is 1. The molecule has 2 amide bonds. The van der Waals surface area contributed by atoms with Crippen LogP contribution in [0.5, 0.6) is 0 Å². The second-order valence-electron chi connectivity index (χ2n) is 10.1. The zero-order valence-corrected chi connectivity index (χ0v) is 23.4. The predicted molar refractivity (Wildman–Crippen MR) is 157 cm³/mol. The molecule has 1 aliphatic heterocycles. The number of carbonyl (C=O) groups excluding carboxylic acids is 2. The highest BCUT2D eigenvalue weighted by atomic mass is 32.1. The summed E-state index contributed by atoms with van der Waals surface area (Å²) >= 11 is 2.94. The summed E-state index contributed by atoms with van der Waals surface area (Å²) in [6, 6.07) is 15.7. The molecule has 2 aliphatic rings. The van der Waals surface area contributed by atoms with E-state index in [2.05, 4.69) is 4.98 Å². The van der Waals surface area contributed by atoms with Crippen molar-refractivity contribution in [3.05, 3.63) is 70.4 Å². The number of carboxylic acids is 1. The van der Waals surface area contributed by atoms with Crippen molar-refractivity contribution >= 4 is 51.4 Å². The van der Waals surface area contributed by atoms with Gasteiger partial charge in [0.05, 0.1) is 18.0 Å². The SMILES string of the molecule is O=C(O)CC(Cc1cccs1)C(=O)N(c1nc(-c2ccccc2-c2ccc(N3CCCC3=O)nc2)cs1)C1CC1. The van der Waals surface area contributed by atoms with Gasteiger partial charge in [0.15, 0.2) is 5.13 Å². The minimum atomic E-state index is -0.979. The van der Waals surface area contributed by atoms with Gasteiger partial charge in [-0.25, -0.2) is 9.97 Å². The summed E-state index contributed by atoms with van der Waals surface area (Å²) in [5.74, 6) is -1.04. The Morgan fingerprint density at radius 1 is 1.07 bits per heavy atom. The van der Waals surface area contributed by atoms with Crippen LogP contribution in [0.25, 0.3) is 22.4 Å². The summed E-state index contributed by atoms with van der Waals surface area (Å²) in [6.45, 7) is 0.695. The number of amides is 2. The predicted octanol–water partition coefficient (Wildman–Crippen LogP) is 5.89. The molecule has 0 radical (unpaired) electrons. The zero-order valence-electron chi connectivity index (χ0n) is 21.7. The molecule has 1 aliphatic carbocycles. The van der Waals surface area contributed by atoms with Crippen LogP contribution in [0, 0.1) is 5.92 Å². The topological polar surface area (TPSA) is 104 Å². The van der Waals surface area contributed by atoms with Crippen molar-refractivity contribution in [2.45, 2.75) is 44.6 Å². The van der Waals surface area contributed by atoms with Crippen LogP contribution in [0.15, 0.2) is 65.5 Å². The van der Waals surface area contributed by atoms with Crippen LogP contribution < -0.4 is 9.80 Å². The van der Waals surface area contributed by atoms with E-state index < -0.39 is 11.9 Å². The molecule has 204 valence electrons. The number of hydrogen-bond acceptors (Lipinski definition) is 7. The lowest BCUT2D eigenvalue weighted by atomic mass is 9.98. The van der Waals surface area contributed by atoms with Crippen molar-refractivity contribution in [3.8, 4) is 22.4 Å². The van der Waals surface area contributed by atoms with Gasteiger partial charge in [0.1, 0.15) is 5.82 Å². The maximum Gasteiger partial charge on any atom is 0.304 e. The molecule has 6 rings (SSSR count). The van der Waals surface area contributed by atoms with Crippen LogP contribution in [0.1, 0.15) is 37.0 Å². The van der Waals surface area contributed by atoms with Crippen molar-refractivity contribution in [1.82, 2.24) is 9.97 Å². The Bertz CT molecular complexity index is 1530. The van der Waals surface area contributed by atoms with Gasteiger partial charge in [-0.3, -0.25) is 24.2 Å². The molecule has 1 atom stereocenters. The van der Waals surface area contributed by atoms with Crippen LogP contribution in [0.4, 0.5) is 10.9 Å². The number of aliphatic carboxylic acids is 1. The number of pyridine rings is 1. The van der Waals surface area contributed by atoms with Gasteiger partial charge in [0, 0.05) is 46.6 Å². The highest BCUT2D eigenvalue weighted by Gasteiger charge is 2.39. The molecule has 4 aromatic rings. The first-order valence-corrected chi connectivity index (χ1v) is 15.1. The fraction of sp³-hybridized carbons (Fsp3) is 0.300. The van der Waals surface area contributed by atoms with Crippen molar-refractivity contribution in [2.24, 2.45) is 5.92 Å². The van der Waals surface area contributed by atoms with E-state index >= 15 is 0 Å². The van der Waals surface area contributed by atoms with Gasteiger partial charge in [-0.05, 0) is 54.8 Å². The largest absolute Gasteiger partial charge is 0.481 e. The van der Waals surface area contributed by atoms with Crippen molar-refractivity contribution < 1.29 is 19.5 Å². The van der Waals surface area contributed by atoms with E-state index in [1.54, 1.807) is 16.0 Å². The molecule has 1 N–H and O–H groups in total. The lowest BCUT2D eigenvalue weighted by molar-refractivity contribution is -0.140. The third kappa shape index (κ3) is 5.55. The summed E-state index contributed by atoms with van der Waals surface area (Å²) in [7, 11) is 0. The Kier molecular flexibility index (Phi) is 7.44. The standard InChI is InChI=1S/C30H28N4O4S2/c35-27-8-3-13-33(27)26-12-9-19(17-31-26)23-6-1-2-7-24(23)25-18-40-30(32-25)34(21-10-11-21)29(38)20(16-28(36)37)15-22-5-4-14-39-22/h1-2,4-7,9,12,14,17-18,20-21H,3,8,10-11,13,15-16H2,(H,36,37). The summed E-state index contributed by atoms with van der Waals surface area (Å²) < 4.78 is 0. The van der Waals surface area contributed by atoms with E-state index in [1.807, 2.05) is 59.3 Å². The van der Waals surface area contributed by atoms with Gasteiger partial charge in [-0.15, -0.1) is 22.7 Å². The van der Waals surface area contributed by atoms with Crippen LogP contribution in [0.3, 0.4) is 0 Å². The van der Waals surface area contributed by atoms with Gasteiger partial charge in [0.25, 0.3) is 0 Å². The van der Waals surface area contributed by atoms with Crippen LogP contribution in [0.2, 0.25) is 0 Å². The molecule has 40 heavy (non-hydrogen) atoms. The van der Waals surface area contributed by atoms with E-state index in [4.69, 9.17) is 4.98 Å². The monoisotopic (exact) mass is 572 g/mol. The summed E-state index contributed by atoms with van der Waals surface area (Å²) in [6.07, 6.45) is 5.15. The van der Waals surface area contributed by atoms with E-state index in [9.17, 15) is 19.5 Å². The summed E-state index contributed by atoms with van der Waals surface area (Å²) in [5, 5.41) is 14.0. The zero-order chi connectivity index (χ0) is 27.6. The van der Waals surface area contributed by atoms with Gasteiger partial charge >= 0.3 is 5.97 Å². The number of nitrogens with zero attached hydrogens (tertiary/aromatic N) is 4. The Morgan fingerprint density at radius 3 is 2.55 bits per heavy atom. The van der Waals surface area contributed by atoms with E-state index in [1.165, 1.54) is 22.7 Å². The van der Waals surface area contributed by atoms with Crippen LogP contribution in [-0.4, -0.2) is 45.4 Å². The van der Waals surface area contributed by atoms with Gasteiger partial charge in [0.2, 0.25) is 11.8 Å². The quantitative estimate of drug-likeness (QED) is 0.254. The van der Waals surface area contributed by atoms with Crippen molar-refractivity contribution in [3.63, 3.8) is 0 Å². The number of aromatic nitrogens is 2. The fourth-order valence-electron chi connectivity index (χ4n) is 5.14. The molecule has 1 unspecified atom stereocenters. The number of benzene rings is 1. The maximum atomic E-state index is 13.8. The highest BCUT2D eigenvalue weighted by Crippen LogP contribution is 2.39. The van der Waals surface area contributed by atoms with E-state index in [-0.39, 0.29) is 24.3 Å². The van der Waals surface area contributed by atoms with Crippen molar-refractivity contribution in [1.29, 1.82) is 0 Å². The first-order valence-electron chi connectivity index (χ1n) is 13.4. The van der Waals surface area contributed by atoms with Crippen LogP contribution >= 0.6 is 22.7 Å². The molecule has 1 saturated carbocycles. The molecule has 0 bridgehead atoms. The summed E-state index contributed by atoms with van der Waals surface area (Å²) in [4.78, 5) is 51.5. The lowest BCUT2D eigenvalue weighted by Gasteiger charge is -2.24. The number of thiazole rings is 1. The van der Waals surface area contributed by atoms with E-state index in [0.717, 1.165) is 46.5 Å². The average Bonchev–Trinajstić information content (AvgIpc) is 3.30. The molecule has 10 heteroatoms. The molecule has 4 heterocycles. The molecular formula is C30H28N4O4S2. The first kappa shape index (κ1) is 26.3. The van der Waals surface area contributed by atoms with E-state index in [0.29, 0.717) is 30.3 Å². The normalized spacial score (nSPS) is 15.8. The number of carbonyl (C=O) groups is 3. The molecule has 3 aromatic heterocycles. The molecule has 2 fully saturated rings. The Labute approximate surface area is 239 Å². The summed E-state index contributed by atoms with van der Waals surface area (Å²) in [5.41, 5.74) is 3.53. The fourth-order valence-corrected chi connectivity index (χ4v) is 6.83. The molecule has 1 aromatic carbocycles. The van der Waals surface area contributed by atoms with Crippen molar-refractivity contribution in [2.75, 3.05) is 16.3 Å². The molecule has 1 saturated heterocycles. The number of thiophene rings is 1. The lowest BCUT2D eigenvalue weighted by Crippen LogP contribution is -2.39.